The van der Waals surface area contributed by atoms with Gasteiger partial charge < -0.3 is 0 Å². The summed E-state index contributed by atoms with van der Waals surface area (Å²) in [4.78, 5) is 4.77. The summed E-state index contributed by atoms with van der Waals surface area (Å²) >= 11 is 0. The Labute approximate surface area is 154 Å². The van der Waals surface area contributed by atoms with Gasteiger partial charge in [-0.1, -0.05) is 76.6 Å². The van der Waals surface area contributed by atoms with Gasteiger partial charge in [-0.25, -0.2) is 4.89 Å². The third kappa shape index (κ3) is 13.8. The first-order valence-corrected chi connectivity index (χ1v) is 10.7. The van der Waals surface area contributed by atoms with E-state index in [0.717, 1.165) is 19.3 Å². The van der Waals surface area contributed by atoms with Crippen LogP contribution >= 0.6 is 0 Å². The van der Waals surface area contributed by atoms with Crippen LogP contribution in [0.5, 0.6) is 0 Å². The van der Waals surface area contributed by atoms with E-state index in [1.165, 1.54) is 50.7 Å². The summed E-state index contributed by atoms with van der Waals surface area (Å²) < 4.78 is 27.5. The molecule has 4 nitrogen and oxygen atoms in total. The Morgan fingerprint density at radius 1 is 0.920 bits per heavy atom. The molecule has 0 aliphatic heterocycles. The van der Waals surface area contributed by atoms with E-state index < -0.39 is 10.1 Å². The molecule has 0 aromatic heterocycles. The van der Waals surface area contributed by atoms with Crippen molar-refractivity contribution in [2.24, 2.45) is 0 Å². The molecule has 25 heavy (non-hydrogen) atoms. The first-order valence-electron chi connectivity index (χ1n) is 9.30. The second-order valence-corrected chi connectivity index (χ2v) is 7.37. The lowest BCUT2D eigenvalue weighted by Gasteiger charge is -2.04. The Kier molecular flexibility index (Phi) is 15.5. The minimum absolute atomic E-state index is 0.102. The molecule has 0 saturated carbocycles. The summed E-state index contributed by atoms with van der Waals surface area (Å²) in [6.45, 7) is 8.27. The molecule has 0 aliphatic carbocycles. The fraction of sp³-hybridized carbons (Fsp3) is 0.600. The molecule has 1 aromatic rings. The summed E-state index contributed by atoms with van der Waals surface area (Å²) in [6.07, 6.45) is 12.9. The molecule has 0 fully saturated rings. The Balaban J connectivity index is 0.000000547. The molecule has 0 aliphatic rings. The second-order valence-electron chi connectivity index (χ2n) is 5.86. The minimum atomic E-state index is -3.77. The summed E-state index contributed by atoms with van der Waals surface area (Å²) in [5.41, 5.74) is 0. The predicted molar refractivity (Wildman–Crippen MR) is 104 cm³/mol. The van der Waals surface area contributed by atoms with E-state index in [1.54, 1.807) is 18.2 Å². The molecule has 0 unspecified atom stereocenters. The maximum atomic E-state index is 11.5. The van der Waals surface area contributed by atoms with Crippen LogP contribution in [0, 0.1) is 0 Å². The van der Waals surface area contributed by atoms with Crippen molar-refractivity contribution in [3.8, 4) is 0 Å². The van der Waals surface area contributed by atoms with Gasteiger partial charge in [0.1, 0.15) is 0 Å². The van der Waals surface area contributed by atoms with Gasteiger partial charge >= 0.3 is 10.1 Å². The molecule has 1 aromatic carbocycles. The summed E-state index contributed by atoms with van der Waals surface area (Å²) in [6, 6.07) is 7.93. The number of unbranched alkanes of at least 4 members (excludes halogenated alkanes) is 7. The van der Waals surface area contributed by atoms with Crippen LogP contribution in [-0.4, -0.2) is 15.0 Å². The monoisotopic (exact) mass is 370 g/mol. The highest BCUT2D eigenvalue weighted by Gasteiger charge is 2.15. The number of hydrogen-bond acceptors (Lipinski definition) is 4. The zero-order valence-corrected chi connectivity index (χ0v) is 16.6. The SMILES string of the molecule is C=CCCCCCCC.CCCCCOOS(=O)(=O)c1ccccc1. The Bertz CT molecular complexity index is 512. The van der Waals surface area contributed by atoms with Gasteiger partial charge in [-0.05, 0) is 31.4 Å². The van der Waals surface area contributed by atoms with Crippen LogP contribution in [-0.2, 0) is 19.3 Å². The highest BCUT2D eigenvalue weighted by molar-refractivity contribution is 7.86. The second kappa shape index (κ2) is 16.3. The lowest BCUT2D eigenvalue weighted by molar-refractivity contribution is -0.202. The molecule has 0 bridgehead atoms. The molecule has 0 saturated heterocycles. The van der Waals surface area contributed by atoms with Gasteiger partial charge in [0.25, 0.3) is 0 Å². The normalized spacial score (nSPS) is 10.8. The standard InChI is InChI=1S/C11H16O4S.C9H18/c1-2-3-7-10-14-15-16(12,13)11-8-5-4-6-9-11;1-3-5-7-9-8-6-4-2/h4-6,8-9H,2-3,7,10H2,1H3;3H,1,4-9H2,2H3. The van der Waals surface area contributed by atoms with Crippen LogP contribution in [0.1, 0.15) is 71.6 Å². The van der Waals surface area contributed by atoms with Gasteiger partial charge in [0, 0.05) is 0 Å². The van der Waals surface area contributed by atoms with Crippen LogP contribution in [0.4, 0.5) is 0 Å². The summed E-state index contributed by atoms with van der Waals surface area (Å²) in [7, 11) is -3.77. The van der Waals surface area contributed by atoms with Crippen molar-refractivity contribution >= 4 is 10.1 Å². The smallest absolute Gasteiger partial charge is 0.220 e. The van der Waals surface area contributed by atoms with Gasteiger partial charge in [-0.2, -0.15) is 8.42 Å². The van der Waals surface area contributed by atoms with Crippen molar-refractivity contribution in [2.75, 3.05) is 6.61 Å². The highest BCUT2D eigenvalue weighted by atomic mass is 32.2. The van der Waals surface area contributed by atoms with E-state index in [2.05, 4.69) is 29.6 Å². The molecule has 0 heterocycles. The van der Waals surface area contributed by atoms with E-state index >= 15 is 0 Å². The van der Waals surface area contributed by atoms with Gasteiger partial charge in [-0.15, -0.1) is 10.9 Å². The van der Waals surface area contributed by atoms with E-state index in [4.69, 9.17) is 0 Å². The molecule has 0 N–H and O–H groups in total. The molecule has 1 rings (SSSR count). The van der Waals surface area contributed by atoms with Gasteiger partial charge in [0.15, 0.2) is 0 Å². The Morgan fingerprint density at radius 3 is 2.12 bits per heavy atom. The maximum Gasteiger partial charge on any atom is 0.323 e. The third-order valence-corrected chi connectivity index (χ3v) is 4.64. The average molecular weight is 371 g/mol. The fourth-order valence-corrected chi connectivity index (χ4v) is 2.79. The van der Waals surface area contributed by atoms with Crippen LogP contribution < -0.4 is 0 Å². The van der Waals surface area contributed by atoms with E-state index in [9.17, 15) is 8.42 Å². The third-order valence-electron chi connectivity index (χ3n) is 3.51. The summed E-state index contributed by atoms with van der Waals surface area (Å²) in [5.74, 6) is 0. The topological polar surface area (TPSA) is 52.6 Å². The minimum Gasteiger partial charge on any atom is -0.220 e. The average Bonchev–Trinajstić information content (AvgIpc) is 2.63. The van der Waals surface area contributed by atoms with E-state index in [0.29, 0.717) is 6.61 Å². The van der Waals surface area contributed by atoms with E-state index in [-0.39, 0.29) is 4.90 Å². The number of hydrogen-bond donors (Lipinski definition) is 0. The molecule has 0 spiro atoms. The molecule has 0 atom stereocenters. The van der Waals surface area contributed by atoms with Crippen molar-refractivity contribution < 1.29 is 17.6 Å². The van der Waals surface area contributed by atoms with Crippen LogP contribution in [0.2, 0.25) is 0 Å². The van der Waals surface area contributed by atoms with Crippen LogP contribution in [0.15, 0.2) is 47.9 Å². The largest absolute Gasteiger partial charge is 0.323 e. The van der Waals surface area contributed by atoms with Gasteiger partial charge in [0.05, 0.1) is 11.5 Å². The molecular formula is C20H34O4S. The van der Waals surface area contributed by atoms with Crippen molar-refractivity contribution in [1.82, 2.24) is 0 Å². The van der Waals surface area contributed by atoms with Crippen LogP contribution in [0.25, 0.3) is 0 Å². The molecule has 5 heteroatoms. The number of rotatable bonds is 13. The number of allylic oxidation sites excluding steroid dienone is 1. The van der Waals surface area contributed by atoms with Crippen LogP contribution in [0.3, 0.4) is 0 Å². The van der Waals surface area contributed by atoms with Crippen molar-refractivity contribution in [3.05, 3.63) is 43.0 Å². The zero-order valence-electron chi connectivity index (χ0n) is 15.8. The Hall–Kier alpha value is -1.17. The lowest BCUT2D eigenvalue weighted by Crippen LogP contribution is -2.07. The first-order chi connectivity index (χ1) is 12.1. The summed E-state index contributed by atoms with van der Waals surface area (Å²) in [5, 5.41) is 0. The zero-order chi connectivity index (χ0) is 18.8. The lowest BCUT2D eigenvalue weighted by atomic mass is 10.1. The molecule has 0 radical (unpaired) electrons. The predicted octanol–water partition coefficient (Wildman–Crippen LogP) is 6.05. The molecule has 144 valence electrons. The molecule has 0 amide bonds. The van der Waals surface area contributed by atoms with Gasteiger partial charge in [-0.3, -0.25) is 0 Å². The van der Waals surface area contributed by atoms with Crippen molar-refractivity contribution in [1.29, 1.82) is 0 Å². The highest BCUT2D eigenvalue weighted by Crippen LogP contribution is 2.11. The quantitative estimate of drug-likeness (QED) is 0.184. The van der Waals surface area contributed by atoms with Gasteiger partial charge in [0.2, 0.25) is 0 Å². The fourth-order valence-electron chi connectivity index (χ4n) is 2.03. The van der Waals surface area contributed by atoms with Crippen molar-refractivity contribution in [3.63, 3.8) is 0 Å². The number of benzene rings is 1. The maximum absolute atomic E-state index is 11.5. The van der Waals surface area contributed by atoms with E-state index in [1.807, 2.05) is 6.08 Å². The Morgan fingerprint density at radius 2 is 1.52 bits per heavy atom. The first kappa shape index (κ1) is 23.8. The van der Waals surface area contributed by atoms with Crippen molar-refractivity contribution in [2.45, 2.75) is 76.5 Å². The molecular weight excluding hydrogens is 336 g/mol.